The van der Waals surface area contributed by atoms with Crippen molar-refractivity contribution in [1.82, 2.24) is 5.32 Å². The van der Waals surface area contributed by atoms with Crippen LogP contribution in [0.4, 0.5) is 4.39 Å². The molecule has 0 aromatic heterocycles. The number of hydrogen-bond acceptors (Lipinski definition) is 2. The Morgan fingerprint density at radius 1 is 1.50 bits per heavy atom. The maximum absolute atomic E-state index is 13.2. The smallest absolute Gasteiger partial charge is 0.137 e. The molecule has 0 spiro atoms. The van der Waals surface area contributed by atoms with Gasteiger partial charge in [-0.2, -0.15) is 11.8 Å². The molecule has 88 valence electrons. The summed E-state index contributed by atoms with van der Waals surface area (Å²) >= 11 is 5.09. The molecule has 1 saturated carbocycles. The Hall–Kier alpha value is -0.0600. The van der Waals surface area contributed by atoms with Gasteiger partial charge in [-0.3, -0.25) is 0 Å². The molecule has 1 aromatic carbocycles. The number of benzene rings is 1. The van der Waals surface area contributed by atoms with Gasteiger partial charge in [0.05, 0.1) is 4.47 Å². The molecule has 1 N–H and O–H groups in total. The van der Waals surface area contributed by atoms with Gasteiger partial charge in [0.2, 0.25) is 0 Å². The molecule has 1 aliphatic carbocycles. The second-order valence-corrected chi connectivity index (χ2v) is 6.37. The SMILES string of the molecule is CSC1(CNCc2ccc(Br)c(F)c2)CC1. The second kappa shape index (κ2) is 5.07. The predicted molar refractivity (Wildman–Crippen MR) is 71.3 cm³/mol. The van der Waals surface area contributed by atoms with Crippen LogP contribution in [0.3, 0.4) is 0 Å². The van der Waals surface area contributed by atoms with Crippen LogP contribution in [-0.4, -0.2) is 17.5 Å². The minimum atomic E-state index is -0.190. The summed E-state index contributed by atoms with van der Waals surface area (Å²) in [4.78, 5) is 0. The molecule has 0 radical (unpaired) electrons. The fourth-order valence-corrected chi connectivity index (χ4v) is 2.68. The van der Waals surface area contributed by atoms with Gasteiger partial charge < -0.3 is 5.32 Å². The Morgan fingerprint density at radius 3 is 2.81 bits per heavy atom. The van der Waals surface area contributed by atoms with Gasteiger partial charge in [-0.25, -0.2) is 4.39 Å². The van der Waals surface area contributed by atoms with Crippen LogP contribution < -0.4 is 5.32 Å². The van der Waals surface area contributed by atoms with Crippen molar-refractivity contribution in [1.29, 1.82) is 0 Å². The van der Waals surface area contributed by atoms with Gasteiger partial charge in [-0.05, 0) is 52.7 Å². The maximum atomic E-state index is 13.2. The Labute approximate surface area is 108 Å². The third-order valence-electron chi connectivity index (χ3n) is 3.00. The Morgan fingerprint density at radius 2 is 2.25 bits per heavy atom. The number of rotatable bonds is 5. The summed E-state index contributed by atoms with van der Waals surface area (Å²) in [5, 5.41) is 3.40. The number of nitrogens with one attached hydrogen (secondary N) is 1. The van der Waals surface area contributed by atoms with Crippen LogP contribution in [-0.2, 0) is 6.54 Å². The average molecular weight is 304 g/mol. The van der Waals surface area contributed by atoms with Crippen LogP contribution in [0, 0.1) is 5.82 Å². The molecular weight excluding hydrogens is 289 g/mol. The summed E-state index contributed by atoms with van der Waals surface area (Å²) in [5.74, 6) is -0.190. The lowest BCUT2D eigenvalue weighted by atomic mass is 10.2. The monoisotopic (exact) mass is 303 g/mol. The van der Waals surface area contributed by atoms with Crippen LogP contribution in [0.15, 0.2) is 22.7 Å². The van der Waals surface area contributed by atoms with Gasteiger partial charge in [0.15, 0.2) is 0 Å². The third kappa shape index (κ3) is 2.99. The minimum Gasteiger partial charge on any atom is -0.311 e. The molecule has 0 saturated heterocycles. The molecule has 0 bridgehead atoms. The van der Waals surface area contributed by atoms with Crippen molar-refractivity contribution in [3.05, 3.63) is 34.1 Å². The van der Waals surface area contributed by atoms with Crippen molar-refractivity contribution in [3.8, 4) is 0 Å². The lowest BCUT2D eigenvalue weighted by Gasteiger charge is -2.13. The fourth-order valence-electron chi connectivity index (χ4n) is 1.68. The second-order valence-electron chi connectivity index (χ2n) is 4.24. The summed E-state index contributed by atoms with van der Waals surface area (Å²) in [5.41, 5.74) is 0.998. The first kappa shape index (κ1) is 12.4. The Balaban J connectivity index is 1.83. The highest BCUT2D eigenvalue weighted by atomic mass is 79.9. The van der Waals surface area contributed by atoms with Crippen LogP contribution in [0.2, 0.25) is 0 Å². The van der Waals surface area contributed by atoms with Crippen LogP contribution in [0.5, 0.6) is 0 Å². The zero-order chi connectivity index (χ0) is 11.6. The first-order valence-electron chi connectivity index (χ1n) is 5.35. The first-order valence-corrected chi connectivity index (χ1v) is 7.37. The highest BCUT2D eigenvalue weighted by molar-refractivity contribution is 9.10. The molecule has 0 heterocycles. The van der Waals surface area contributed by atoms with E-state index in [1.807, 2.05) is 17.8 Å². The summed E-state index contributed by atoms with van der Waals surface area (Å²) in [6, 6.07) is 5.28. The third-order valence-corrected chi connectivity index (χ3v) is 5.06. The van der Waals surface area contributed by atoms with Crippen molar-refractivity contribution in [2.24, 2.45) is 0 Å². The molecule has 1 aliphatic rings. The van der Waals surface area contributed by atoms with E-state index < -0.39 is 0 Å². The molecule has 1 nitrogen and oxygen atoms in total. The molecule has 0 aliphatic heterocycles. The van der Waals surface area contributed by atoms with Gasteiger partial charge in [-0.15, -0.1) is 0 Å². The van der Waals surface area contributed by atoms with E-state index in [2.05, 4.69) is 27.5 Å². The molecule has 4 heteroatoms. The molecule has 0 atom stereocenters. The molecule has 2 rings (SSSR count). The summed E-state index contributed by atoms with van der Waals surface area (Å²) < 4.78 is 14.2. The standard InChI is InChI=1S/C12H15BrFNS/c1-16-12(4-5-12)8-15-7-9-2-3-10(13)11(14)6-9/h2-3,6,15H,4-5,7-8H2,1H3. The Kier molecular flexibility index (Phi) is 3.93. The zero-order valence-electron chi connectivity index (χ0n) is 9.22. The van der Waals surface area contributed by atoms with Crippen molar-refractivity contribution in [3.63, 3.8) is 0 Å². The predicted octanol–water partition coefficient (Wildman–Crippen LogP) is 3.57. The quantitative estimate of drug-likeness (QED) is 0.892. The van der Waals surface area contributed by atoms with E-state index >= 15 is 0 Å². The number of halogens is 2. The van der Waals surface area contributed by atoms with Crippen molar-refractivity contribution >= 4 is 27.7 Å². The topological polar surface area (TPSA) is 12.0 Å². The van der Waals surface area contributed by atoms with Gasteiger partial charge in [-0.1, -0.05) is 6.07 Å². The lowest BCUT2D eigenvalue weighted by Crippen LogP contribution is -2.25. The molecule has 1 fully saturated rings. The van der Waals surface area contributed by atoms with Crippen molar-refractivity contribution in [2.45, 2.75) is 24.1 Å². The first-order chi connectivity index (χ1) is 7.65. The van der Waals surface area contributed by atoms with E-state index in [-0.39, 0.29) is 5.82 Å². The molecule has 16 heavy (non-hydrogen) atoms. The van der Waals surface area contributed by atoms with Crippen LogP contribution in [0.1, 0.15) is 18.4 Å². The highest BCUT2D eigenvalue weighted by Crippen LogP contribution is 2.46. The van der Waals surface area contributed by atoms with E-state index in [4.69, 9.17) is 0 Å². The lowest BCUT2D eigenvalue weighted by molar-refractivity contribution is 0.612. The van der Waals surface area contributed by atoms with E-state index in [9.17, 15) is 4.39 Å². The summed E-state index contributed by atoms with van der Waals surface area (Å²) in [7, 11) is 0. The van der Waals surface area contributed by atoms with E-state index in [0.717, 1.165) is 18.7 Å². The minimum absolute atomic E-state index is 0.190. The van der Waals surface area contributed by atoms with Crippen LogP contribution >= 0.6 is 27.7 Å². The van der Waals surface area contributed by atoms with E-state index in [0.29, 0.717) is 9.22 Å². The normalized spacial score (nSPS) is 17.4. The van der Waals surface area contributed by atoms with Gasteiger partial charge in [0, 0.05) is 17.8 Å². The highest BCUT2D eigenvalue weighted by Gasteiger charge is 2.41. The number of thioether (sulfide) groups is 1. The van der Waals surface area contributed by atoms with Crippen LogP contribution in [0.25, 0.3) is 0 Å². The number of hydrogen-bond donors (Lipinski definition) is 1. The molecule has 0 unspecified atom stereocenters. The molecule has 0 amide bonds. The Bertz CT molecular complexity index is 379. The van der Waals surface area contributed by atoms with Crippen molar-refractivity contribution < 1.29 is 4.39 Å². The zero-order valence-corrected chi connectivity index (χ0v) is 11.6. The van der Waals surface area contributed by atoms with E-state index in [1.54, 1.807) is 12.1 Å². The molecule has 1 aromatic rings. The molecular formula is C12H15BrFNS. The van der Waals surface area contributed by atoms with Gasteiger partial charge in [0.1, 0.15) is 5.82 Å². The van der Waals surface area contributed by atoms with Gasteiger partial charge >= 0.3 is 0 Å². The van der Waals surface area contributed by atoms with Crippen molar-refractivity contribution in [2.75, 3.05) is 12.8 Å². The maximum Gasteiger partial charge on any atom is 0.137 e. The average Bonchev–Trinajstić information content (AvgIpc) is 3.04. The summed E-state index contributed by atoms with van der Waals surface area (Å²) in [6.07, 6.45) is 4.76. The largest absolute Gasteiger partial charge is 0.311 e. The fraction of sp³-hybridized carbons (Fsp3) is 0.500. The van der Waals surface area contributed by atoms with E-state index in [1.165, 1.54) is 12.8 Å². The summed E-state index contributed by atoms with van der Waals surface area (Å²) in [6.45, 7) is 1.76. The van der Waals surface area contributed by atoms with Gasteiger partial charge in [0.25, 0.3) is 0 Å².